The molecule has 0 saturated heterocycles. The summed E-state index contributed by atoms with van der Waals surface area (Å²) in [6.45, 7) is 11.6. The van der Waals surface area contributed by atoms with E-state index in [2.05, 4.69) is 30.4 Å². The molecule has 0 bridgehead atoms. The predicted octanol–water partition coefficient (Wildman–Crippen LogP) is 6.92. The first kappa shape index (κ1) is 34.0. The van der Waals surface area contributed by atoms with E-state index in [4.69, 9.17) is 21.7 Å². The lowest BCUT2D eigenvalue weighted by Gasteiger charge is -2.15. The third kappa shape index (κ3) is 6.33. The number of aromatic nitrogens is 6. The SMILES string of the molecule is CC(C)(C)c1nn(-c2cc(-n3nc(C(C)(C)C)c(N=Nc4c(C#N)cccc4C#N)c3N)ncn2)c(N)c1N=Nc1c(C#N)cccc1C#N. The predicted molar refractivity (Wildman–Crippen MR) is 183 cm³/mol. The van der Waals surface area contributed by atoms with Crippen LogP contribution in [-0.4, -0.2) is 29.5 Å². The van der Waals surface area contributed by atoms with Crippen molar-refractivity contribution < 1.29 is 0 Å². The second kappa shape index (κ2) is 13.1. The maximum atomic E-state index is 9.59. The van der Waals surface area contributed by atoms with E-state index in [9.17, 15) is 21.0 Å². The summed E-state index contributed by atoms with van der Waals surface area (Å²) in [5.41, 5.74) is 14.5. The van der Waals surface area contributed by atoms with E-state index in [1.807, 2.05) is 65.8 Å². The minimum Gasteiger partial charge on any atom is -0.382 e. The summed E-state index contributed by atoms with van der Waals surface area (Å²) in [5.74, 6) is 0.705. The number of nitrogen functional groups attached to an aromatic ring is 2. The van der Waals surface area contributed by atoms with Crippen LogP contribution in [0.15, 0.2) is 69.2 Å². The molecule has 0 fully saturated rings. The number of azo groups is 2. The van der Waals surface area contributed by atoms with E-state index >= 15 is 0 Å². The molecule has 0 aliphatic carbocycles. The molecule has 0 aliphatic rings. The summed E-state index contributed by atoms with van der Waals surface area (Å²) in [6, 6.07) is 19.1. The Bertz CT molecular complexity index is 2140. The van der Waals surface area contributed by atoms with Crippen molar-refractivity contribution in [2.45, 2.75) is 52.4 Å². The van der Waals surface area contributed by atoms with Crippen LogP contribution in [0.4, 0.5) is 34.4 Å². The Labute approximate surface area is 287 Å². The van der Waals surface area contributed by atoms with Crippen molar-refractivity contribution in [1.82, 2.24) is 29.5 Å². The number of nitrogens with zero attached hydrogens (tertiary/aromatic N) is 14. The third-order valence-electron chi connectivity index (χ3n) is 7.34. The number of nitriles is 4. The fraction of sp³-hybridized carbons (Fsp3) is 0.235. The van der Waals surface area contributed by atoms with Crippen LogP contribution in [0.3, 0.4) is 0 Å². The van der Waals surface area contributed by atoms with Gasteiger partial charge in [0, 0.05) is 16.9 Å². The number of anilines is 2. The van der Waals surface area contributed by atoms with Crippen molar-refractivity contribution in [3.63, 3.8) is 0 Å². The van der Waals surface area contributed by atoms with Gasteiger partial charge >= 0.3 is 0 Å². The van der Waals surface area contributed by atoms with Gasteiger partial charge in [-0.15, -0.1) is 20.5 Å². The molecule has 5 rings (SSSR count). The molecule has 0 saturated carbocycles. The van der Waals surface area contributed by atoms with Crippen LogP contribution in [0, 0.1) is 45.3 Å². The van der Waals surface area contributed by atoms with Gasteiger partial charge in [0.25, 0.3) is 0 Å². The smallest absolute Gasteiger partial charge is 0.161 e. The quantitative estimate of drug-likeness (QED) is 0.177. The van der Waals surface area contributed by atoms with Crippen LogP contribution in [-0.2, 0) is 10.8 Å². The van der Waals surface area contributed by atoms with Crippen molar-refractivity contribution in [1.29, 1.82) is 21.0 Å². The molecule has 0 amide bonds. The molecule has 3 aromatic heterocycles. The Morgan fingerprint density at radius 3 is 1.18 bits per heavy atom. The number of hydrogen-bond donors (Lipinski definition) is 2. The second-order valence-electron chi connectivity index (χ2n) is 13.0. The van der Waals surface area contributed by atoms with Crippen LogP contribution < -0.4 is 11.5 Å². The van der Waals surface area contributed by atoms with E-state index in [-0.39, 0.29) is 68.3 Å². The van der Waals surface area contributed by atoms with Gasteiger partial charge in [0.05, 0.1) is 33.6 Å². The Morgan fingerprint density at radius 2 is 0.880 bits per heavy atom. The molecule has 0 aliphatic heterocycles. The van der Waals surface area contributed by atoms with Gasteiger partial charge in [-0.25, -0.2) is 9.97 Å². The number of rotatable bonds is 6. The average Bonchev–Trinajstić information content (AvgIpc) is 3.62. The summed E-state index contributed by atoms with van der Waals surface area (Å²) < 4.78 is 2.77. The Morgan fingerprint density at radius 1 is 0.560 bits per heavy atom. The van der Waals surface area contributed by atoms with E-state index in [0.717, 1.165) is 0 Å². The van der Waals surface area contributed by atoms with Crippen molar-refractivity contribution >= 4 is 34.4 Å². The number of benzene rings is 2. The molecule has 0 atom stereocenters. The van der Waals surface area contributed by atoms with Crippen molar-refractivity contribution in [2.24, 2.45) is 20.5 Å². The molecule has 0 spiro atoms. The first-order valence-electron chi connectivity index (χ1n) is 15.0. The fourth-order valence-corrected chi connectivity index (χ4v) is 4.83. The minimum absolute atomic E-state index is 0.0963. The molecule has 246 valence electrons. The molecule has 16 heteroatoms. The molecular weight excluding hydrogens is 632 g/mol. The first-order chi connectivity index (χ1) is 23.7. The highest BCUT2D eigenvalue weighted by atomic mass is 15.4. The monoisotopic (exact) mass is 662 g/mol. The lowest BCUT2D eigenvalue weighted by atomic mass is 9.91. The molecule has 5 aromatic rings. The summed E-state index contributed by atoms with van der Waals surface area (Å²) in [5, 5.41) is 65.1. The lowest BCUT2D eigenvalue weighted by Crippen LogP contribution is -2.14. The minimum atomic E-state index is -0.556. The van der Waals surface area contributed by atoms with E-state index < -0.39 is 10.8 Å². The van der Waals surface area contributed by atoms with Gasteiger partial charge in [-0.1, -0.05) is 53.7 Å². The normalized spacial score (nSPS) is 11.7. The van der Waals surface area contributed by atoms with Crippen LogP contribution in [0.1, 0.15) is 75.2 Å². The third-order valence-corrected chi connectivity index (χ3v) is 7.34. The summed E-state index contributed by atoms with van der Waals surface area (Å²) in [4.78, 5) is 8.79. The standard InChI is InChI=1S/C34H30N16/c1-33(2,3)29-27(45-43-25-19(14-35)9-7-10-20(25)15-36)31(39)49(47-29)23-13-24(42-18-41-23)50-32(40)28(30(48-50)34(4,5)6)46-44-26-21(16-37)11-8-12-22(26)17-38/h7-13,18H,39-40H2,1-6H3. The Kier molecular flexibility index (Phi) is 8.90. The summed E-state index contributed by atoms with van der Waals surface area (Å²) >= 11 is 0. The molecule has 0 radical (unpaired) electrons. The van der Waals surface area contributed by atoms with Gasteiger partial charge in [-0.2, -0.15) is 40.6 Å². The summed E-state index contributed by atoms with van der Waals surface area (Å²) in [7, 11) is 0. The van der Waals surface area contributed by atoms with Gasteiger partial charge in [0.15, 0.2) is 34.6 Å². The van der Waals surface area contributed by atoms with Crippen molar-refractivity contribution in [2.75, 3.05) is 11.5 Å². The van der Waals surface area contributed by atoms with Crippen LogP contribution in [0.5, 0.6) is 0 Å². The number of nitrogens with two attached hydrogens (primary N) is 2. The summed E-state index contributed by atoms with van der Waals surface area (Å²) in [6.07, 6.45) is 1.30. The van der Waals surface area contributed by atoms with Gasteiger partial charge in [-0.05, 0) is 24.3 Å². The van der Waals surface area contributed by atoms with Gasteiger partial charge < -0.3 is 11.5 Å². The van der Waals surface area contributed by atoms with Gasteiger partial charge in [0.1, 0.15) is 42.0 Å². The zero-order chi connectivity index (χ0) is 36.4. The zero-order valence-electron chi connectivity index (χ0n) is 28.0. The molecule has 50 heavy (non-hydrogen) atoms. The van der Waals surface area contributed by atoms with E-state index in [0.29, 0.717) is 11.4 Å². The highest BCUT2D eigenvalue weighted by molar-refractivity contribution is 5.69. The van der Waals surface area contributed by atoms with Gasteiger partial charge in [0.2, 0.25) is 0 Å². The largest absolute Gasteiger partial charge is 0.382 e. The van der Waals surface area contributed by atoms with E-state index in [1.54, 1.807) is 42.5 Å². The van der Waals surface area contributed by atoms with Crippen LogP contribution >= 0.6 is 0 Å². The lowest BCUT2D eigenvalue weighted by molar-refractivity contribution is 0.559. The second-order valence-corrected chi connectivity index (χ2v) is 13.0. The Balaban J connectivity index is 1.63. The zero-order valence-corrected chi connectivity index (χ0v) is 28.0. The molecule has 3 heterocycles. The topological polar surface area (TPSA) is 258 Å². The number of hydrogen-bond acceptors (Lipinski definition) is 14. The average molecular weight is 663 g/mol. The maximum Gasteiger partial charge on any atom is 0.161 e. The van der Waals surface area contributed by atoms with Crippen molar-refractivity contribution in [3.05, 3.63) is 82.4 Å². The molecule has 16 nitrogen and oxygen atoms in total. The van der Waals surface area contributed by atoms with Gasteiger partial charge in [-0.3, -0.25) is 0 Å². The molecule has 0 unspecified atom stereocenters. The highest BCUT2D eigenvalue weighted by Gasteiger charge is 2.29. The maximum absolute atomic E-state index is 9.59. The fourth-order valence-electron chi connectivity index (χ4n) is 4.83. The van der Waals surface area contributed by atoms with Crippen LogP contribution in [0.25, 0.3) is 11.6 Å². The molecule has 2 aromatic carbocycles. The van der Waals surface area contributed by atoms with Crippen molar-refractivity contribution in [3.8, 4) is 35.9 Å². The van der Waals surface area contributed by atoms with E-state index in [1.165, 1.54) is 15.7 Å². The van der Waals surface area contributed by atoms with Crippen LogP contribution in [0.2, 0.25) is 0 Å². The molecular formula is C34H30N16. The first-order valence-corrected chi connectivity index (χ1v) is 15.0. The Hall–Kier alpha value is -7.30. The molecule has 4 N–H and O–H groups in total. The highest BCUT2D eigenvalue weighted by Crippen LogP contribution is 2.40.